The molecule has 2 aromatic heterocycles. The van der Waals surface area contributed by atoms with Crippen molar-refractivity contribution in [3.63, 3.8) is 0 Å². The maximum Gasteiger partial charge on any atom is 0.129 e. The van der Waals surface area contributed by atoms with Crippen molar-refractivity contribution in [2.24, 2.45) is 5.73 Å². The summed E-state index contributed by atoms with van der Waals surface area (Å²) in [6.45, 7) is 3.01. The summed E-state index contributed by atoms with van der Waals surface area (Å²) in [6, 6.07) is 11.6. The standard InChI is InChI=1S/C21H22Cl2N6/c22-15-1-2-17(19(23)7-15)18-11-29(12-20(18)24)10-16-8-21(28-13-27-16)26-9-14-3-5-25-6-4-14/h1-8,13,18,20H,9-12,24H2,(H,26,27,28). The third kappa shape index (κ3) is 5.03. The Kier molecular flexibility index (Phi) is 6.25. The zero-order valence-electron chi connectivity index (χ0n) is 15.8. The molecule has 0 bridgehead atoms. The molecular weight excluding hydrogens is 407 g/mol. The van der Waals surface area contributed by atoms with Gasteiger partial charge in [0.15, 0.2) is 0 Å². The lowest BCUT2D eigenvalue weighted by molar-refractivity contribution is 0.319. The normalized spacial score (nSPS) is 19.4. The van der Waals surface area contributed by atoms with Gasteiger partial charge >= 0.3 is 0 Å². The van der Waals surface area contributed by atoms with E-state index in [0.29, 0.717) is 23.1 Å². The van der Waals surface area contributed by atoms with E-state index in [9.17, 15) is 0 Å². The van der Waals surface area contributed by atoms with Crippen LogP contribution in [0.5, 0.6) is 0 Å². The lowest BCUT2D eigenvalue weighted by atomic mass is 9.95. The molecule has 0 radical (unpaired) electrons. The SMILES string of the molecule is NC1CN(Cc2cc(NCc3ccncc3)ncn2)CC1c1ccc(Cl)cc1Cl. The molecule has 3 heterocycles. The number of hydrogen-bond acceptors (Lipinski definition) is 6. The highest BCUT2D eigenvalue weighted by atomic mass is 35.5. The fourth-order valence-electron chi connectivity index (χ4n) is 3.68. The van der Waals surface area contributed by atoms with Gasteiger partial charge in [-0.05, 0) is 35.4 Å². The molecule has 29 heavy (non-hydrogen) atoms. The number of rotatable bonds is 6. The van der Waals surface area contributed by atoms with Crippen LogP contribution >= 0.6 is 23.2 Å². The van der Waals surface area contributed by atoms with Gasteiger partial charge in [-0.2, -0.15) is 0 Å². The number of nitrogens with two attached hydrogens (primary N) is 1. The van der Waals surface area contributed by atoms with E-state index < -0.39 is 0 Å². The zero-order valence-corrected chi connectivity index (χ0v) is 17.3. The summed E-state index contributed by atoms with van der Waals surface area (Å²) in [7, 11) is 0. The Morgan fingerprint density at radius 1 is 1.07 bits per heavy atom. The van der Waals surface area contributed by atoms with E-state index in [-0.39, 0.29) is 12.0 Å². The zero-order chi connectivity index (χ0) is 20.2. The second-order valence-corrected chi connectivity index (χ2v) is 8.08. The lowest BCUT2D eigenvalue weighted by Gasteiger charge is -2.17. The van der Waals surface area contributed by atoms with Gasteiger partial charge in [0, 0.05) is 66.6 Å². The van der Waals surface area contributed by atoms with Crippen LogP contribution in [0.15, 0.2) is 55.1 Å². The van der Waals surface area contributed by atoms with Gasteiger partial charge in [0.25, 0.3) is 0 Å². The van der Waals surface area contributed by atoms with Crippen LogP contribution in [0.3, 0.4) is 0 Å². The van der Waals surface area contributed by atoms with Crippen LogP contribution in [0, 0.1) is 0 Å². The molecule has 8 heteroatoms. The highest BCUT2D eigenvalue weighted by Gasteiger charge is 2.32. The van der Waals surface area contributed by atoms with E-state index in [2.05, 4.69) is 25.2 Å². The van der Waals surface area contributed by atoms with Crippen LogP contribution in [0.4, 0.5) is 5.82 Å². The van der Waals surface area contributed by atoms with Crippen LogP contribution in [0.2, 0.25) is 10.0 Å². The molecule has 4 rings (SSSR count). The number of halogens is 2. The summed E-state index contributed by atoms with van der Waals surface area (Å²) in [5.74, 6) is 0.971. The third-order valence-electron chi connectivity index (χ3n) is 5.14. The molecule has 1 aliphatic heterocycles. The van der Waals surface area contributed by atoms with Crippen molar-refractivity contribution in [1.29, 1.82) is 0 Å². The van der Waals surface area contributed by atoms with Crippen molar-refractivity contribution >= 4 is 29.0 Å². The predicted octanol–water partition coefficient (Wildman–Crippen LogP) is 3.72. The molecule has 0 saturated carbocycles. The van der Waals surface area contributed by atoms with E-state index in [1.54, 1.807) is 24.8 Å². The van der Waals surface area contributed by atoms with Gasteiger partial charge in [-0.15, -0.1) is 0 Å². The van der Waals surface area contributed by atoms with Crippen molar-refractivity contribution in [1.82, 2.24) is 19.9 Å². The average Bonchev–Trinajstić information content (AvgIpc) is 3.07. The molecule has 0 spiro atoms. The van der Waals surface area contributed by atoms with E-state index in [4.69, 9.17) is 28.9 Å². The van der Waals surface area contributed by atoms with Crippen molar-refractivity contribution in [2.75, 3.05) is 18.4 Å². The van der Waals surface area contributed by atoms with E-state index in [0.717, 1.165) is 35.7 Å². The number of likely N-dealkylation sites (tertiary alicyclic amines) is 1. The molecule has 1 fully saturated rings. The Bertz CT molecular complexity index is 968. The number of pyridine rings is 1. The molecular formula is C21H22Cl2N6. The first-order valence-corrected chi connectivity index (χ1v) is 10.2. The molecule has 1 aromatic carbocycles. The topological polar surface area (TPSA) is 80.0 Å². The molecule has 150 valence electrons. The highest BCUT2D eigenvalue weighted by molar-refractivity contribution is 6.35. The smallest absolute Gasteiger partial charge is 0.129 e. The molecule has 6 nitrogen and oxygen atoms in total. The van der Waals surface area contributed by atoms with Gasteiger partial charge in [0.1, 0.15) is 12.1 Å². The van der Waals surface area contributed by atoms with Gasteiger partial charge in [0.2, 0.25) is 0 Å². The first kappa shape index (κ1) is 20.0. The Balaban J connectivity index is 1.39. The minimum absolute atomic E-state index is 0.0137. The van der Waals surface area contributed by atoms with E-state index in [1.165, 1.54) is 0 Å². The predicted molar refractivity (Wildman–Crippen MR) is 116 cm³/mol. The maximum absolute atomic E-state index is 6.42. The maximum atomic E-state index is 6.42. The first-order valence-electron chi connectivity index (χ1n) is 9.45. The summed E-state index contributed by atoms with van der Waals surface area (Å²) in [4.78, 5) is 15.1. The van der Waals surface area contributed by atoms with Crippen molar-refractivity contribution < 1.29 is 0 Å². The van der Waals surface area contributed by atoms with Crippen LogP contribution in [-0.2, 0) is 13.1 Å². The average molecular weight is 429 g/mol. The quantitative estimate of drug-likeness (QED) is 0.622. The molecule has 0 amide bonds. The minimum Gasteiger partial charge on any atom is -0.366 e. The molecule has 2 unspecified atom stereocenters. The second-order valence-electron chi connectivity index (χ2n) is 7.23. The fraction of sp³-hybridized carbons (Fsp3) is 0.286. The van der Waals surface area contributed by atoms with Crippen molar-refractivity contribution in [3.05, 3.63) is 82.0 Å². The van der Waals surface area contributed by atoms with Gasteiger partial charge in [0.05, 0.1) is 5.69 Å². The number of nitrogens with one attached hydrogen (secondary N) is 1. The second kappa shape index (κ2) is 9.05. The van der Waals surface area contributed by atoms with Crippen molar-refractivity contribution in [2.45, 2.75) is 25.0 Å². The van der Waals surface area contributed by atoms with E-state index >= 15 is 0 Å². The van der Waals surface area contributed by atoms with Crippen LogP contribution in [0.1, 0.15) is 22.7 Å². The number of aromatic nitrogens is 3. The van der Waals surface area contributed by atoms with Crippen LogP contribution in [-0.4, -0.2) is 39.0 Å². The monoisotopic (exact) mass is 428 g/mol. The molecule has 3 N–H and O–H groups in total. The van der Waals surface area contributed by atoms with Gasteiger partial charge in [-0.3, -0.25) is 9.88 Å². The molecule has 1 saturated heterocycles. The molecule has 3 aromatic rings. The molecule has 0 aliphatic carbocycles. The number of nitrogens with zero attached hydrogens (tertiary/aromatic N) is 4. The highest BCUT2D eigenvalue weighted by Crippen LogP contribution is 2.33. The number of benzene rings is 1. The van der Waals surface area contributed by atoms with Gasteiger partial charge in [-0.1, -0.05) is 29.3 Å². The Morgan fingerprint density at radius 2 is 1.90 bits per heavy atom. The van der Waals surface area contributed by atoms with Crippen LogP contribution in [0.25, 0.3) is 0 Å². The Labute approximate surface area is 180 Å². The number of anilines is 1. The first-order chi connectivity index (χ1) is 14.1. The van der Waals surface area contributed by atoms with Crippen LogP contribution < -0.4 is 11.1 Å². The van der Waals surface area contributed by atoms with Gasteiger partial charge < -0.3 is 11.1 Å². The summed E-state index contributed by atoms with van der Waals surface area (Å²) in [6.07, 6.45) is 5.15. The minimum atomic E-state index is 0.0137. The Morgan fingerprint density at radius 3 is 2.69 bits per heavy atom. The van der Waals surface area contributed by atoms with E-state index in [1.807, 2.05) is 30.3 Å². The van der Waals surface area contributed by atoms with Crippen molar-refractivity contribution in [3.8, 4) is 0 Å². The van der Waals surface area contributed by atoms with Gasteiger partial charge in [-0.25, -0.2) is 9.97 Å². The Hall–Kier alpha value is -2.25. The largest absolute Gasteiger partial charge is 0.366 e. The summed E-state index contributed by atoms with van der Waals surface area (Å²) in [5.41, 5.74) is 9.57. The molecule has 1 aliphatic rings. The fourth-order valence-corrected chi connectivity index (χ4v) is 4.23. The molecule has 2 atom stereocenters. The summed E-state index contributed by atoms with van der Waals surface area (Å²) < 4.78 is 0. The summed E-state index contributed by atoms with van der Waals surface area (Å²) in [5, 5.41) is 4.64. The number of hydrogen-bond donors (Lipinski definition) is 2. The third-order valence-corrected chi connectivity index (χ3v) is 5.70. The summed E-state index contributed by atoms with van der Waals surface area (Å²) >= 11 is 12.4. The lowest BCUT2D eigenvalue weighted by Crippen LogP contribution is -2.28.